The molecule has 0 fully saturated rings. The Kier molecular flexibility index (Phi) is 11.2. The van der Waals surface area contributed by atoms with Crippen molar-refractivity contribution in [2.75, 3.05) is 24.6 Å². The fraction of sp³-hybridized carbons (Fsp3) is 0.289. The number of nitriles is 1. The number of unbranched alkanes of at least 4 members (excludes halogenated alkanes) is 2. The second-order valence-corrected chi connectivity index (χ2v) is 11.2. The second kappa shape index (κ2) is 15.5. The van der Waals surface area contributed by atoms with Gasteiger partial charge in [-0.05, 0) is 101 Å². The summed E-state index contributed by atoms with van der Waals surface area (Å²) in [4.78, 5) is 18.0. The highest BCUT2D eigenvalue weighted by molar-refractivity contribution is 5.89. The summed E-state index contributed by atoms with van der Waals surface area (Å²) in [6.07, 6.45) is 10.4. The van der Waals surface area contributed by atoms with Gasteiger partial charge in [-0.2, -0.15) is 5.26 Å². The molecule has 1 aliphatic heterocycles. The van der Waals surface area contributed by atoms with Gasteiger partial charge in [0.05, 0.1) is 30.4 Å². The van der Waals surface area contributed by atoms with Crippen LogP contribution < -0.4 is 4.90 Å². The van der Waals surface area contributed by atoms with Gasteiger partial charge in [-0.1, -0.05) is 42.5 Å². The molecule has 230 valence electrons. The van der Waals surface area contributed by atoms with Crippen molar-refractivity contribution in [3.8, 4) is 6.07 Å². The maximum Gasteiger partial charge on any atom is 0.338 e. The van der Waals surface area contributed by atoms with Crippen molar-refractivity contribution < 1.29 is 18.7 Å². The quantitative estimate of drug-likeness (QED) is 0.0841. The number of allylic oxidation sites excluding steroid dienone is 1. The zero-order valence-electron chi connectivity index (χ0n) is 26.4. The molecule has 1 aliphatic rings. The Morgan fingerprint density at radius 3 is 2.31 bits per heavy atom. The molecule has 45 heavy (non-hydrogen) atoms. The van der Waals surface area contributed by atoms with Crippen LogP contribution >= 0.6 is 0 Å². The number of rotatable bonds is 13. The smallest absolute Gasteiger partial charge is 0.338 e. The van der Waals surface area contributed by atoms with Gasteiger partial charge >= 0.3 is 5.97 Å². The Balaban J connectivity index is 1.27. The Labute approximate surface area is 266 Å². The van der Waals surface area contributed by atoms with Crippen LogP contribution in [0.4, 0.5) is 5.69 Å². The fourth-order valence-electron chi connectivity index (χ4n) is 5.02. The third kappa shape index (κ3) is 8.65. The van der Waals surface area contributed by atoms with Crippen molar-refractivity contribution in [3.63, 3.8) is 0 Å². The molecule has 1 aromatic heterocycles. The maximum absolute atomic E-state index is 12.1. The molecule has 2 aromatic carbocycles. The normalized spacial score (nSPS) is 15.2. The van der Waals surface area contributed by atoms with Gasteiger partial charge in [-0.3, -0.25) is 0 Å². The van der Waals surface area contributed by atoms with Crippen LogP contribution in [0.5, 0.6) is 0 Å². The topological polar surface area (TPSA) is 80.1 Å². The van der Waals surface area contributed by atoms with E-state index in [1.807, 2.05) is 68.5 Å². The Morgan fingerprint density at radius 1 is 0.978 bits per heavy atom. The molecule has 0 amide bonds. The van der Waals surface area contributed by atoms with Gasteiger partial charge in [0.2, 0.25) is 5.70 Å². The second-order valence-electron chi connectivity index (χ2n) is 11.2. The summed E-state index contributed by atoms with van der Waals surface area (Å²) in [6.45, 7) is 17.5. The van der Waals surface area contributed by atoms with E-state index in [-0.39, 0.29) is 5.97 Å². The van der Waals surface area contributed by atoms with E-state index in [0.717, 1.165) is 37.9 Å². The lowest BCUT2D eigenvalue weighted by atomic mass is 9.97. The van der Waals surface area contributed by atoms with Gasteiger partial charge < -0.3 is 18.8 Å². The summed E-state index contributed by atoms with van der Waals surface area (Å²) in [7, 11) is 0. The van der Waals surface area contributed by atoms with Crippen molar-refractivity contribution in [3.05, 3.63) is 129 Å². The highest BCUT2D eigenvalue weighted by Gasteiger charge is 2.37. The molecule has 0 bridgehead atoms. The van der Waals surface area contributed by atoms with Crippen molar-refractivity contribution in [1.82, 2.24) is 0 Å². The lowest BCUT2D eigenvalue weighted by Crippen LogP contribution is -2.23. The molecule has 3 aromatic rings. The Hall–Kier alpha value is -5.27. The van der Waals surface area contributed by atoms with Gasteiger partial charge in [0.25, 0.3) is 0 Å². The number of benzene rings is 2. The fourth-order valence-corrected chi connectivity index (χ4v) is 5.02. The van der Waals surface area contributed by atoms with E-state index in [1.54, 1.807) is 19.1 Å². The summed E-state index contributed by atoms with van der Waals surface area (Å²) in [6, 6.07) is 23.4. The van der Waals surface area contributed by atoms with Gasteiger partial charge in [0.1, 0.15) is 22.9 Å². The molecular formula is C38H39N3O4. The van der Waals surface area contributed by atoms with E-state index in [2.05, 4.69) is 47.0 Å². The lowest BCUT2D eigenvalue weighted by Gasteiger charge is -2.23. The van der Waals surface area contributed by atoms with Crippen LogP contribution in [0, 0.1) is 17.9 Å². The van der Waals surface area contributed by atoms with Crippen molar-refractivity contribution in [2.45, 2.75) is 52.6 Å². The lowest BCUT2D eigenvalue weighted by molar-refractivity contribution is 0.0498. The van der Waals surface area contributed by atoms with Crippen LogP contribution in [0.25, 0.3) is 23.1 Å². The first kappa shape index (κ1) is 32.6. The van der Waals surface area contributed by atoms with E-state index in [9.17, 15) is 10.1 Å². The summed E-state index contributed by atoms with van der Waals surface area (Å²) >= 11 is 0. The molecule has 0 N–H and O–H groups in total. The molecule has 0 spiro atoms. The van der Waals surface area contributed by atoms with Crippen LogP contribution in [0.15, 0.2) is 99.8 Å². The van der Waals surface area contributed by atoms with Crippen LogP contribution in [-0.4, -0.2) is 31.3 Å². The van der Waals surface area contributed by atoms with Gasteiger partial charge in [-0.15, -0.1) is 0 Å². The van der Waals surface area contributed by atoms with Gasteiger partial charge in [0, 0.05) is 24.4 Å². The molecule has 2 heterocycles. The minimum atomic E-state index is -0.724. The number of nitrogens with zero attached hydrogens (tertiary/aromatic N) is 3. The summed E-state index contributed by atoms with van der Waals surface area (Å²) in [5.74, 6) is 1.44. The molecule has 0 saturated carbocycles. The standard InChI is InChI=1S/C38H39N3O4/c1-6-41(25-11-8-12-26-43-37(42)30-13-9-7-10-14-30)31-18-15-29(16-19-31)17-20-32-21-22-33(44-32)23-24-34-35(40-5)36(28(2)27-39)45-38(34,3)4/h7,9-10,13-24H,6,8,11-12,25-26H2,1-4H3/b20-17+,24-23+,36-28+. The molecule has 0 atom stereocenters. The number of furan rings is 1. The number of esters is 1. The van der Waals surface area contributed by atoms with E-state index in [1.165, 1.54) is 5.69 Å². The first-order chi connectivity index (χ1) is 21.7. The number of carbonyl (C=O) groups excluding carboxylic acids is 1. The number of hydrogen-bond donors (Lipinski definition) is 0. The molecule has 0 radical (unpaired) electrons. The number of ether oxygens (including phenoxy) is 2. The number of anilines is 1. The molecule has 0 saturated heterocycles. The summed E-state index contributed by atoms with van der Waals surface area (Å²) in [5.41, 5.74) is 3.55. The van der Waals surface area contributed by atoms with Crippen molar-refractivity contribution >= 4 is 29.9 Å². The molecule has 7 heteroatoms. The monoisotopic (exact) mass is 601 g/mol. The predicted octanol–water partition coefficient (Wildman–Crippen LogP) is 9.10. The van der Waals surface area contributed by atoms with E-state index < -0.39 is 5.60 Å². The van der Waals surface area contributed by atoms with Crippen LogP contribution in [0.2, 0.25) is 0 Å². The van der Waals surface area contributed by atoms with Gasteiger partial charge in [-0.25, -0.2) is 9.64 Å². The van der Waals surface area contributed by atoms with Crippen LogP contribution in [0.3, 0.4) is 0 Å². The highest BCUT2D eigenvalue weighted by atomic mass is 16.5. The summed E-state index contributed by atoms with van der Waals surface area (Å²) in [5, 5.41) is 9.29. The maximum atomic E-state index is 12.1. The third-order valence-corrected chi connectivity index (χ3v) is 7.55. The zero-order chi connectivity index (χ0) is 32.2. The SMILES string of the molecule is [C-]#[N+]C1=C(/C=C/c2ccc(/C=C/c3ccc(N(CC)CCCCCOC(=O)c4ccccc4)cc3)o2)C(C)(C)O/C1=C(\C)C#N. The Bertz CT molecular complexity index is 1680. The Morgan fingerprint density at radius 2 is 1.67 bits per heavy atom. The first-order valence-electron chi connectivity index (χ1n) is 15.2. The average molecular weight is 602 g/mol. The van der Waals surface area contributed by atoms with Crippen LogP contribution in [0.1, 0.15) is 74.4 Å². The third-order valence-electron chi connectivity index (χ3n) is 7.55. The van der Waals surface area contributed by atoms with Crippen LogP contribution in [-0.2, 0) is 9.47 Å². The van der Waals surface area contributed by atoms with E-state index in [0.29, 0.717) is 46.3 Å². The minimum Gasteiger partial charge on any atom is -0.494 e. The highest BCUT2D eigenvalue weighted by Crippen LogP contribution is 2.41. The minimum absolute atomic E-state index is 0.267. The largest absolute Gasteiger partial charge is 0.494 e. The van der Waals surface area contributed by atoms with E-state index >= 15 is 0 Å². The van der Waals surface area contributed by atoms with Crippen molar-refractivity contribution in [2.24, 2.45) is 0 Å². The summed E-state index contributed by atoms with van der Waals surface area (Å²) < 4.78 is 17.3. The number of hydrogen-bond acceptors (Lipinski definition) is 6. The zero-order valence-corrected chi connectivity index (χ0v) is 26.4. The molecule has 7 nitrogen and oxygen atoms in total. The van der Waals surface area contributed by atoms with E-state index in [4.69, 9.17) is 20.5 Å². The molecular weight excluding hydrogens is 562 g/mol. The van der Waals surface area contributed by atoms with Gasteiger partial charge in [0.15, 0.2) is 0 Å². The molecule has 0 aliphatic carbocycles. The molecule has 0 unspecified atom stereocenters. The molecule has 4 rings (SSSR count). The van der Waals surface area contributed by atoms with Crippen molar-refractivity contribution in [1.29, 1.82) is 5.26 Å². The predicted molar refractivity (Wildman–Crippen MR) is 179 cm³/mol. The average Bonchev–Trinajstić information content (AvgIpc) is 3.62. The first-order valence-corrected chi connectivity index (χ1v) is 15.2. The number of carbonyl (C=O) groups is 1.